The Kier molecular flexibility index (Phi) is 5.03. The maximum absolute atomic E-state index is 13.0. The van der Waals surface area contributed by atoms with E-state index in [1.54, 1.807) is 48.5 Å². The number of fused-ring (bicyclic) bond motifs is 1. The third-order valence-electron chi connectivity index (χ3n) is 4.68. The minimum absolute atomic E-state index is 0.0989. The minimum Gasteiger partial charge on any atom is -0.286 e. The lowest BCUT2D eigenvalue weighted by molar-refractivity contribution is -0.141. The van der Waals surface area contributed by atoms with Gasteiger partial charge in [0.1, 0.15) is 29.6 Å². The SMILES string of the molecule is Cc1nc2c(-c3ccc(Cl)cc3)n(-c3ccccc3C#N)nc2c(=O)n1CC(F)(F)F. The van der Waals surface area contributed by atoms with E-state index in [1.807, 2.05) is 0 Å². The maximum atomic E-state index is 13.0. The number of benzene rings is 2. The van der Waals surface area contributed by atoms with Crippen LogP contribution in [0.2, 0.25) is 5.02 Å². The Balaban J connectivity index is 2.10. The summed E-state index contributed by atoms with van der Waals surface area (Å²) in [7, 11) is 0. The standard InChI is InChI=1S/C21H13ClF3N5O/c1-12-27-17-18(20(31)29(12)11-21(23,24)25)28-30(16-5-3-2-4-14(16)10-26)19(17)13-6-8-15(22)9-7-13/h2-9H,11H2,1H3. The van der Waals surface area contributed by atoms with Crippen molar-refractivity contribution in [2.24, 2.45) is 0 Å². The molecule has 4 aromatic rings. The van der Waals surface area contributed by atoms with E-state index in [-0.39, 0.29) is 22.4 Å². The zero-order valence-corrected chi connectivity index (χ0v) is 16.7. The minimum atomic E-state index is -4.60. The molecule has 0 saturated carbocycles. The number of para-hydroxylation sites is 1. The van der Waals surface area contributed by atoms with Gasteiger partial charge in [0.25, 0.3) is 5.56 Å². The van der Waals surface area contributed by atoms with Gasteiger partial charge in [-0.05, 0) is 31.2 Å². The van der Waals surface area contributed by atoms with Gasteiger partial charge in [-0.3, -0.25) is 9.36 Å². The van der Waals surface area contributed by atoms with E-state index >= 15 is 0 Å². The Morgan fingerprint density at radius 1 is 1.10 bits per heavy atom. The fraction of sp³-hybridized carbons (Fsp3) is 0.143. The lowest BCUT2D eigenvalue weighted by Gasteiger charge is -2.12. The largest absolute Gasteiger partial charge is 0.406 e. The third kappa shape index (κ3) is 3.78. The predicted molar refractivity (Wildman–Crippen MR) is 109 cm³/mol. The Morgan fingerprint density at radius 3 is 2.42 bits per heavy atom. The van der Waals surface area contributed by atoms with Crippen molar-refractivity contribution < 1.29 is 13.2 Å². The van der Waals surface area contributed by atoms with Crippen molar-refractivity contribution in [1.82, 2.24) is 19.3 Å². The highest BCUT2D eigenvalue weighted by molar-refractivity contribution is 6.30. The van der Waals surface area contributed by atoms with E-state index in [0.29, 0.717) is 26.5 Å². The number of rotatable bonds is 3. The normalized spacial score (nSPS) is 11.6. The van der Waals surface area contributed by atoms with Crippen molar-refractivity contribution >= 4 is 22.6 Å². The zero-order valence-electron chi connectivity index (χ0n) is 16.0. The molecule has 0 bridgehead atoms. The highest BCUT2D eigenvalue weighted by atomic mass is 35.5. The van der Waals surface area contributed by atoms with Crippen LogP contribution in [-0.4, -0.2) is 25.5 Å². The summed E-state index contributed by atoms with van der Waals surface area (Å²) >= 11 is 5.99. The fourth-order valence-corrected chi connectivity index (χ4v) is 3.44. The molecule has 0 aliphatic carbocycles. The molecule has 0 unspecified atom stereocenters. The number of halogens is 4. The van der Waals surface area contributed by atoms with E-state index in [4.69, 9.17) is 11.6 Å². The second-order valence-corrected chi connectivity index (χ2v) is 7.20. The molecule has 0 aliphatic heterocycles. The molecule has 0 aliphatic rings. The Bertz CT molecular complexity index is 1400. The molecule has 2 heterocycles. The molecule has 31 heavy (non-hydrogen) atoms. The van der Waals surface area contributed by atoms with Crippen LogP contribution in [0.25, 0.3) is 28.0 Å². The molecule has 4 rings (SSSR count). The number of hydrogen-bond donors (Lipinski definition) is 0. The first kappa shape index (κ1) is 20.6. The van der Waals surface area contributed by atoms with Crippen LogP contribution in [0.15, 0.2) is 53.3 Å². The topological polar surface area (TPSA) is 76.5 Å². The summed E-state index contributed by atoms with van der Waals surface area (Å²) in [6.45, 7) is -0.142. The smallest absolute Gasteiger partial charge is 0.286 e. The van der Waals surface area contributed by atoms with Crippen LogP contribution >= 0.6 is 11.6 Å². The van der Waals surface area contributed by atoms with Gasteiger partial charge < -0.3 is 0 Å². The molecular formula is C21H13ClF3N5O. The van der Waals surface area contributed by atoms with Crippen molar-refractivity contribution in [1.29, 1.82) is 5.26 Å². The fourth-order valence-electron chi connectivity index (χ4n) is 3.32. The monoisotopic (exact) mass is 443 g/mol. The van der Waals surface area contributed by atoms with Gasteiger partial charge in [0.15, 0.2) is 5.52 Å². The highest BCUT2D eigenvalue weighted by Crippen LogP contribution is 2.31. The van der Waals surface area contributed by atoms with Gasteiger partial charge in [0.05, 0.1) is 11.3 Å². The van der Waals surface area contributed by atoms with E-state index < -0.39 is 18.3 Å². The highest BCUT2D eigenvalue weighted by Gasteiger charge is 2.31. The molecule has 10 heteroatoms. The van der Waals surface area contributed by atoms with Crippen molar-refractivity contribution in [3.05, 3.63) is 75.3 Å². The first-order valence-electron chi connectivity index (χ1n) is 9.02. The molecule has 0 fully saturated rings. The molecule has 0 atom stereocenters. The van der Waals surface area contributed by atoms with Gasteiger partial charge in [-0.2, -0.15) is 23.5 Å². The molecule has 6 nitrogen and oxygen atoms in total. The molecule has 0 N–H and O–H groups in total. The zero-order chi connectivity index (χ0) is 22.3. The summed E-state index contributed by atoms with van der Waals surface area (Å²) in [4.78, 5) is 17.2. The van der Waals surface area contributed by atoms with Crippen molar-refractivity contribution in [2.75, 3.05) is 0 Å². The molecule has 0 spiro atoms. The van der Waals surface area contributed by atoms with Crippen LogP contribution < -0.4 is 5.56 Å². The summed E-state index contributed by atoms with van der Waals surface area (Å²) < 4.78 is 40.9. The van der Waals surface area contributed by atoms with E-state index in [9.17, 15) is 23.2 Å². The molecule has 0 amide bonds. The van der Waals surface area contributed by atoms with Gasteiger partial charge in [-0.15, -0.1) is 0 Å². The Hall–Kier alpha value is -3.64. The Labute approximate surface area is 178 Å². The number of aryl methyl sites for hydroxylation is 1. The molecule has 2 aromatic carbocycles. The van der Waals surface area contributed by atoms with Crippen LogP contribution in [-0.2, 0) is 6.54 Å². The van der Waals surface area contributed by atoms with Crippen molar-refractivity contribution in [3.8, 4) is 23.0 Å². The number of nitriles is 1. The molecule has 0 saturated heterocycles. The summed E-state index contributed by atoms with van der Waals surface area (Å²) in [6.07, 6.45) is -4.60. The lowest BCUT2D eigenvalue weighted by atomic mass is 10.1. The second-order valence-electron chi connectivity index (χ2n) is 6.76. The molecular weight excluding hydrogens is 431 g/mol. The van der Waals surface area contributed by atoms with E-state index in [2.05, 4.69) is 16.2 Å². The number of hydrogen-bond acceptors (Lipinski definition) is 4. The van der Waals surface area contributed by atoms with Crippen LogP contribution in [0.5, 0.6) is 0 Å². The van der Waals surface area contributed by atoms with Gasteiger partial charge in [-0.25, -0.2) is 9.67 Å². The van der Waals surface area contributed by atoms with Gasteiger partial charge in [0, 0.05) is 10.6 Å². The molecule has 2 aromatic heterocycles. The Morgan fingerprint density at radius 2 is 1.77 bits per heavy atom. The van der Waals surface area contributed by atoms with Crippen LogP contribution in [0, 0.1) is 18.3 Å². The van der Waals surface area contributed by atoms with Crippen LogP contribution in [0.3, 0.4) is 0 Å². The van der Waals surface area contributed by atoms with Crippen LogP contribution in [0.1, 0.15) is 11.4 Å². The number of nitrogens with zero attached hydrogens (tertiary/aromatic N) is 5. The molecule has 156 valence electrons. The lowest BCUT2D eigenvalue weighted by Crippen LogP contribution is -2.30. The summed E-state index contributed by atoms with van der Waals surface area (Å²) in [6, 6.07) is 15.3. The summed E-state index contributed by atoms with van der Waals surface area (Å²) in [5.74, 6) is -0.0989. The predicted octanol–water partition coefficient (Wildman–Crippen LogP) is 4.65. The van der Waals surface area contributed by atoms with Gasteiger partial charge in [-0.1, -0.05) is 35.9 Å². The average molecular weight is 444 g/mol. The first-order chi connectivity index (χ1) is 14.7. The summed E-state index contributed by atoms with van der Waals surface area (Å²) in [5, 5.41) is 14.3. The van der Waals surface area contributed by atoms with E-state index in [1.165, 1.54) is 11.6 Å². The van der Waals surface area contributed by atoms with Crippen molar-refractivity contribution in [3.63, 3.8) is 0 Å². The van der Waals surface area contributed by atoms with Crippen molar-refractivity contribution in [2.45, 2.75) is 19.6 Å². The summed E-state index contributed by atoms with van der Waals surface area (Å²) in [5.41, 5.74) is 0.588. The van der Waals surface area contributed by atoms with Crippen LogP contribution in [0.4, 0.5) is 13.2 Å². The molecule has 0 radical (unpaired) electrons. The van der Waals surface area contributed by atoms with Gasteiger partial charge in [0.2, 0.25) is 0 Å². The maximum Gasteiger partial charge on any atom is 0.406 e. The number of aromatic nitrogens is 4. The first-order valence-corrected chi connectivity index (χ1v) is 9.40. The quantitative estimate of drug-likeness (QED) is 0.462. The third-order valence-corrected chi connectivity index (χ3v) is 4.93. The number of alkyl halides is 3. The average Bonchev–Trinajstić information content (AvgIpc) is 3.10. The van der Waals surface area contributed by atoms with E-state index in [0.717, 1.165) is 0 Å². The van der Waals surface area contributed by atoms with Gasteiger partial charge >= 0.3 is 6.18 Å². The second kappa shape index (κ2) is 7.56.